The SMILES string of the molecule is CCCCCCCCC(CCCCCCCCc1ccccc1)OC(=O)O. The van der Waals surface area contributed by atoms with Crippen molar-refractivity contribution in [2.75, 3.05) is 0 Å². The van der Waals surface area contributed by atoms with Gasteiger partial charge in [0, 0.05) is 0 Å². The summed E-state index contributed by atoms with van der Waals surface area (Å²) in [5.74, 6) is 0. The summed E-state index contributed by atoms with van der Waals surface area (Å²) in [6, 6.07) is 10.7. The molecule has 0 aromatic heterocycles. The van der Waals surface area contributed by atoms with E-state index in [1.165, 1.54) is 76.2 Å². The second-order valence-corrected chi connectivity index (χ2v) is 7.71. The molecule has 0 radical (unpaired) electrons. The van der Waals surface area contributed by atoms with Crippen LogP contribution in [0.3, 0.4) is 0 Å². The van der Waals surface area contributed by atoms with Crippen LogP contribution in [0, 0.1) is 0 Å². The summed E-state index contributed by atoms with van der Waals surface area (Å²) < 4.78 is 5.09. The Balaban J connectivity index is 2.01. The highest BCUT2D eigenvalue weighted by molar-refractivity contribution is 5.57. The van der Waals surface area contributed by atoms with Gasteiger partial charge in [-0.1, -0.05) is 95.0 Å². The molecule has 0 fully saturated rings. The van der Waals surface area contributed by atoms with E-state index in [4.69, 9.17) is 9.84 Å². The summed E-state index contributed by atoms with van der Waals surface area (Å²) in [5.41, 5.74) is 1.43. The van der Waals surface area contributed by atoms with Crippen LogP contribution in [0.1, 0.15) is 102 Å². The van der Waals surface area contributed by atoms with Gasteiger partial charge in [-0.3, -0.25) is 0 Å². The molecule has 0 aliphatic rings. The van der Waals surface area contributed by atoms with Gasteiger partial charge in [0.05, 0.1) is 0 Å². The summed E-state index contributed by atoms with van der Waals surface area (Å²) in [7, 11) is 0. The fraction of sp³-hybridized carbons (Fsp3) is 0.708. The first kappa shape index (κ1) is 23.5. The number of rotatable bonds is 17. The van der Waals surface area contributed by atoms with Crippen molar-refractivity contribution in [1.82, 2.24) is 0 Å². The van der Waals surface area contributed by atoms with Gasteiger partial charge in [0.2, 0.25) is 0 Å². The molecule has 154 valence electrons. The Morgan fingerprint density at radius 3 is 1.89 bits per heavy atom. The lowest BCUT2D eigenvalue weighted by Gasteiger charge is -2.15. The van der Waals surface area contributed by atoms with E-state index in [1.807, 2.05) is 0 Å². The highest BCUT2D eigenvalue weighted by Gasteiger charge is 2.13. The molecule has 0 aliphatic carbocycles. The van der Waals surface area contributed by atoms with E-state index in [9.17, 15) is 4.79 Å². The number of aryl methyl sites for hydroxylation is 1. The Morgan fingerprint density at radius 2 is 1.33 bits per heavy atom. The molecule has 1 rings (SSSR count). The summed E-state index contributed by atoms with van der Waals surface area (Å²) >= 11 is 0. The van der Waals surface area contributed by atoms with Gasteiger partial charge in [0.1, 0.15) is 6.10 Å². The highest BCUT2D eigenvalue weighted by atomic mass is 16.7. The molecular weight excluding hydrogens is 336 g/mol. The van der Waals surface area contributed by atoms with E-state index in [1.54, 1.807) is 0 Å². The molecule has 0 bridgehead atoms. The minimum atomic E-state index is -1.12. The Hall–Kier alpha value is -1.51. The van der Waals surface area contributed by atoms with E-state index in [0.29, 0.717) is 0 Å². The first-order valence-corrected chi connectivity index (χ1v) is 11.2. The van der Waals surface area contributed by atoms with Crippen molar-refractivity contribution in [3.05, 3.63) is 35.9 Å². The molecule has 27 heavy (non-hydrogen) atoms. The molecule has 0 heterocycles. The maximum Gasteiger partial charge on any atom is 0.506 e. The lowest BCUT2D eigenvalue weighted by atomic mass is 10.0. The monoisotopic (exact) mass is 376 g/mol. The van der Waals surface area contributed by atoms with Crippen LogP contribution < -0.4 is 0 Å². The van der Waals surface area contributed by atoms with Crippen molar-refractivity contribution in [3.63, 3.8) is 0 Å². The molecule has 0 spiro atoms. The minimum absolute atomic E-state index is 0.105. The average Bonchev–Trinajstić information content (AvgIpc) is 2.66. The first-order chi connectivity index (χ1) is 13.2. The fourth-order valence-corrected chi connectivity index (χ4v) is 3.61. The van der Waals surface area contributed by atoms with E-state index in [0.717, 1.165) is 25.7 Å². The fourth-order valence-electron chi connectivity index (χ4n) is 3.61. The van der Waals surface area contributed by atoms with Gasteiger partial charge >= 0.3 is 6.16 Å². The Bertz CT molecular complexity index is 458. The van der Waals surface area contributed by atoms with Crippen LogP contribution in [0.4, 0.5) is 4.79 Å². The van der Waals surface area contributed by atoms with Gasteiger partial charge in [-0.15, -0.1) is 0 Å². The Kier molecular flexibility index (Phi) is 14.5. The number of carbonyl (C=O) groups is 1. The van der Waals surface area contributed by atoms with Gasteiger partial charge in [-0.05, 0) is 44.1 Å². The first-order valence-electron chi connectivity index (χ1n) is 11.2. The molecule has 1 aromatic rings. The molecular formula is C24H40O3. The van der Waals surface area contributed by atoms with E-state index < -0.39 is 6.16 Å². The number of benzene rings is 1. The molecule has 0 saturated heterocycles. The normalized spacial score (nSPS) is 12.0. The van der Waals surface area contributed by atoms with Crippen LogP contribution in [0.2, 0.25) is 0 Å². The Labute approximate surface area is 166 Å². The minimum Gasteiger partial charge on any atom is -0.450 e. The molecule has 0 aliphatic heterocycles. The third-order valence-corrected chi connectivity index (χ3v) is 5.23. The standard InChI is InChI=1S/C24H40O3/c1-2-3-4-5-9-15-20-23(27-24(25)26)21-16-10-7-6-8-12-17-22-18-13-11-14-19-22/h11,13-14,18-19,23H,2-10,12,15-17,20-21H2,1H3,(H,25,26). The number of hydrogen-bond donors (Lipinski definition) is 1. The summed E-state index contributed by atoms with van der Waals surface area (Å²) in [5, 5.41) is 8.93. The zero-order valence-electron chi connectivity index (χ0n) is 17.3. The van der Waals surface area contributed by atoms with Crippen molar-refractivity contribution in [3.8, 4) is 0 Å². The number of unbranched alkanes of at least 4 members (excludes halogenated alkanes) is 10. The van der Waals surface area contributed by atoms with Crippen LogP contribution >= 0.6 is 0 Å². The largest absolute Gasteiger partial charge is 0.506 e. The van der Waals surface area contributed by atoms with Crippen molar-refractivity contribution >= 4 is 6.16 Å². The molecule has 3 nitrogen and oxygen atoms in total. The van der Waals surface area contributed by atoms with E-state index in [-0.39, 0.29) is 6.10 Å². The molecule has 1 atom stereocenters. The van der Waals surface area contributed by atoms with Crippen LogP contribution in [0.15, 0.2) is 30.3 Å². The topological polar surface area (TPSA) is 46.5 Å². The quantitative estimate of drug-likeness (QED) is 0.223. The zero-order valence-corrected chi connectivity index (χ0v) is 17.3. The third kappa shape index (κ3) is 14.2. The van der Waals surface area contributed by atoms with Gasteiger partial charge in [0.15, 0.2) is 0 Å². The van der Waals surface area contributed by atoms with Crippen molar-refractivity contribution in [2.45, 2.75) is 109 Å². The lowest BCUT2D eigenvalue weighted by Crippen LogP contribution is -2.16. The van der Waals surface area contributed by atoms with Gasteiger partial charge in [-0.2, -0.15) is 0 Å². The van der Waals surface area contributed by atoms with Crippen molar-refractivity contribution < 1.29 is 14.6 Å². The zero-order chi connectivity index (χ0) is 19.6. The summed E-state index contributed by atoms with van der Waals surface area (Å²) in [4.78, 5) is 10.9. The van der Waals surface area contributed by atoms with E-state index in [2.05, 4.69) is 37.3 Å². The highest BCUT2D eigenvalue weighted by Crippen LogP contribution is 2.17. The van der Waals surface area contributed by atoms with Crippen LogP contribution in [-0.2, 0) is 11.2 Å². The number of carboxylic acid groups (broad SMARTS) is 1. The summed E-state index contributed by atoms with van der Waals surface area (Å²) in [6.07, 6.45) is 16.4. The summed E-state index contributed by atoms with van der Waals surface area (Å²) in [6.45, 7) is 2.22. The molecule has 0 saturated carbocycles. The van der Waals surface area contributed by atoms with Crippen LogP contribution in [0.25, 0.3) is 0 Å². The predicted molar refractivity (Wildman–Crippen MR) is 113 cm³/mol. The van der Waals surface area contributed by atoms with Crippen molar-refractivity contribution in [2.24, 2.45) is 0 Å². The lowest BCUT2D eigenvalue weighted by molar-refractivity contribution is 0.0422. The smallest absolute Gasteiger partial charge is 0.450 e. The maximum atomic E-state index is 10.9. The second kappa shape index (κ2) is 16.6. The molecule has 1 aromatic carbocycles. The molecule has 1 N–H and O–H groups in total. The second-order valence-electron chi connectivity index (χ2n) is 7.71. The molecule has 3 heteroatoms. The third-order valence-electron chi connectivity index (χ3n) is 5.23. The molecule has 1 unspecified atom stereocenters. The maximum absolute atomic E-state index is 10.9. The van der Waals surface area contributed by atoms with Gasteiger partial charge in [-0.25, -0.2) is 4.79 Å². The number of hydrogen-bond acceptors (Lipinski definition) is 2. The van der Waals surface area contributed by atoms with Gasteiger partial charge in [0.25, 0.3) is 0 Å². The van der Waals surface area contributed by atoms with Crippen LogP contribution in [-0.4, -0.2) is 17.4 Å². The molecule has 0 amide bonds. The van der Waals surface area contributed by atoms with Gasteiger partial charge < -0.3 is 9.84 Å². The predicted octanol–water partition coefficient (Wildman–Crippen LogP) is 7.77. The van der Waals surface area contributed by atoms with Crippen molar-refractivity contribution in [1.29, 1.82) is 0 Å². The van der Waals surface area contributed by atoms with E-state index >= 15 is 0 Å². The van der Waals surface area contributed by atoms with Crippen LogP contribution in [0.5, 0.6) is 0 Å². The Morgan fingerprint density at radius 1 is 0.815 bits per heavy atom. The number of ether oxygens (including phenoxy) is 1. The average molecular weight is 377 g/mol.